The topological polar surface area (TPSA) is 25.8 Å². The first-order chi connectivity index (χ1) is 28.0. The minimum absolute atomic E-state index is 0.749. The van der Waals surface area contributed by atoms with Gasteiger partial charge in [-0.05, 0) is 102 Å². The van der Waals surface area contributed by atoms with Gasteiger partial charge in [-0.2, -0.15) is 0 Å². The van der Waals surface area contributed by atoms with Crippen LogP contribution in [0.3, 0.4) is 0 Å². The predicted molar refractivity (Wildman–Crippen MR) is 242 cm³/mol. The molecule has 1 aromatic heterocycles. The van der Waals surface area contributed by atoms with E-state index in [1.807, 2.05) is 0 Å². The molecule has 0 N–H and O–H groups in total. The molecular weight excluding hydrogens is 705 g/mol. The molecule has 0 amide bonds. The van der Waals surface area contributed by atoms with Crippen LogP contribution < -0.4 is 10.4 Å². The fourth-order valence-electron chi connectivity index (χ4n) is 8.51. The van der Waals surface area contributed by atoms with Gasteiger partial charge in [0.15, 0.2) is 5.82 Å². The first-order valence-electron chi connectivity index (χ1n) is 19.6. The monoisotopic (exact) mass is 744 g/mol. The number of benzene rings is 8. The average Bonchev–Trinajstić information content (AvgIpc) is 3.52. The Morgan fingerprint density at radius 3 is 1.25 bits per heavy atom. The Labute approximate surface area is 335 Å². The maximum absolute atomic E-state index is 5.47. The molecule has 0 aliphatic carbocycles. The van der Waals surface area contributed by atoms with Gasteiger partial charge < -0.3 is 0 Å². The Morgan fingerprint density at radius 2 is 0.667 bits per heavy atom. The van der Waals surface area contributed by atoms with Crippen molar-refractivity contribution in [3.63, 3.8) is 0 Å². The summed E-state index contributed by atoms with van der Waals surface area (Å²) in [6, 6.07) is 74.2. The summed E-state index contributed by atoms with van der Waals surface area (Å²) in [5.74, 6) is 0.749. The predicted octanol–water partition coefficient (Wildman–Crippen LogP) is 12.9. The highest BCUT2D eigenvalue weighted by molar-refractivity contribution is 7.04. The number of nitrogens with zero attached hydrogens (tertiary/aromatic N) is 2. The third-order valence-electron chi connectivity index (χ3n) is 11.5. The molecule has 1 aliphatic heterocycles. The molecule has 1 aliphatic rings. The van der Waals surface area contributed by atoms with E-state index in [-0.39, 0.29) is 0 Å². The SMILES string of the molecule is C[Si]1(C)c2ccccc2-c2nc(-c3cccc(-c4cccc(-c5cc(-c6ccccc6)cc(-c6ccccc6)c5)c4)c3)nc(-c3ccc(-c4ccccc4)cc3)c21. The molecule has 2 heterocycles. The Morgan fingerprint density at radius 1 is 0.298 bits per heavy atom. The Kier molecular flexibility index (Phi) is 8.66. The van der Waals surface area contributed by atoms with E-state index < -0.39 is 8.07 Å². The van der Waals surface area contributed by atoms with Gasteiger partial charge >= 0.3 is 0 Å². The van der Waals surface area contributed by atoms with Gasteiger partial charge in [0.2, 0.25) is 0 Å². The molecule has 3 heteroatoms. The molecule has 0 atom stereocenters. The summed E-state index contributed by atoms with van der Waals surface area (Å²) in [5.41, 5.74) is 17.3. The van der Waals surface area contributed by atoms with E-state index in [4.69, 9.17) is 9.97 Å². The van der Waals surface area contributed by atoms with Crippen molar-refractivity contribution in [2.75, 3.05) is 0 Å². The van der Waals surface area contributed by atoms with Crippen molar-refractivity contribution in [3.8, 4) is 89.5 Å². The van der Waals surface area contributed by atoms with E-state index in [0.29, 0.717) is 0 Å². The molecule has 0 bridgehead atoms. The average molecular weight is 745 g/mol. The van der Waals surface area contributed by atoms with E-state index >= 15 is 0 Å². The molecule has 270 valence electrons. The van der Waals surface area contributed by atoms with Crippen molar-refractivity contribution in [3.05, 3.63) is 206 Å². The first-order valence-corrected chi connectivity index (χ1v) is 22.6. The summed E-state index contributed by atoms with van der Waals surface area (Å²) in [6.45, 7) is 4.88. The number of fused-ring (bicyclic) bond motifs is 3. The van der Waals surface area contributed by atoms with Crippen molar-refractivity contribution in [2.24, 2.45) is 0 Å². The zero-order chi connectivity index (χ0) is 38.3. The number of aromatic nitrogens is 2. The van der Waals surface area contributed by atoms with Gasteiger partial charge in [0.05, 0.1) is 11.4 Å². The highest BCUT2D eigenvalue weighted by atomic mass is 28.3. The van der Waals surface area contributed by atoms with Gasteiger partial charge in [-0.1, -0.05) is 189 Å². The molecule has 0 radical (unpaired) electrons. The third kappa shape index (κ3) is 6.42. The molecule has 0 saturated carbocycles. The number of hydrogen-bond donors (Lipinski definition) is 0. The van der Waals surface area contributed by atoms with Crippen LogP contribution in [0, 0.1) is 0 Å². The van der Waals surface area contributed by atoms with Gasteiger partial charge in [-0.3, -0.25) is 0 Å². The summed E-state index contributed by atoms with van der Waals surface area (Å²) in [5, 5.41) is 2.74. The Hall–Kier alpha value is -6.94. The second-order valence-electron chi connectivity index (χ2n) is 15.4. The maximum atomic E-state index is 5.47. The van der Waals surface area contributed by atoms with Gasteiger partial charge in [0, 0.05) is 11.1 Å². The molecule has 0 saturated heterocycles. The van der Waals surface area contributed by atoms with Gasteiger partial charge in [-0.25, -0.2) is 9.97 Å². The summed E-state index contributed by atoms with van der Waals surface area (Å²) >= 11 is 0. The van der Waals surface area contributed by atoms with Crippen molar-refractivity contribution in [1.29, 1.82) is 0 Å². The van der Waals surface area contributed by atoms with E-state index in [2.05, 4.69) is 219 Å². The fraction of sp³-hybridized carbons (Fsp3) is 0.0370. The molecule has 10 rings (SSSR count). The zero-order valence-corrected chi connectivity index (χ0v) is 33.0. The zero-order valence-electron chi connectivity index (χ0n) is 32.0. The standard InChI is InChI=1S/C54H40N2Si/c1-57(2)50-27-13-12-26-49(50)52-53(57)51(41-30-28-40(29-31-41)37-16-6-3-7-17-37)55-54(56-52)45-25-15-23-43(33-45)42-22-14-24-44(32-42)48-35-46(38-18-8-4-9-19-38)34-47(36-48)39-20-10-5-11-21-39/h3-36H,1-2H3. The van der Waals surface area contributed by atoms with Crippen LogP contribution in [0.5, 0.6) is 0 Å². The van der Waals surface area contributed by atoms with E-state index in [0.717, 1.165) is 39.5 Å². The molecule has 0 fully saturated rings. The van der Waals surface area contributed by atoms with E-state index in [1.165, 1.54) is 60.4 Å². The lowest BCUT2D eigenvalue weighted by Crippen LogP contribution is -2.50. The molecular formula is C54H40N2Si. The van der Waals surface area contributed by atoms with Crippen molar-refractivity contribution >= 4 is 18.4 Å². The molecule has 57 heavy (non-hydrogen) atoms. The summed E-state index contributed by atoms with van der Waals surface area (Å²) in [7, 11) is -2.09. The van der Waals surface area contributed by atoms with Crippen molar-refractivity contribution in [2.45, 2.75) is 13.1 Å². The summed E-state index contributed by atoms with van der Waals surface area (Å²) in [4.78, 5) is 10.9. The third-order valence-corrected chi connectivity index (χ3v) is 15.0. The minimum atomic E-state index is -2.09. The first kappa shape index (κ1) is 34.5. The van der Waals surface area contributed by atoms with E-state index in [9.17, 15) is 0 Å². The largest absolute Gasteiger partial charge is 0.228 e. The van der Waals surface area contributed by atoms with Crippen LogP contribution in [0.1, 0.15) is 0 Å². The van der Waals surface area contributed by atoms with Gasteiger partial charge in [0.1, 0.15) is 8.07 Å². The summed E-state index contributed by atoms with van der Waals surface area (Å²) in [6.07, 6.45) is 0. The van der Waals surface area contributed by atoms with Crippen LogP contribution in [0.25, 0.3) is 89.5 Å². The number of hydrogen-bond acceptors (Lipinski definition) is 2. The molecule has 2 nitrogen and oxygen atoms in total. The molecule has 0 spiro atoms. The normalized spacial score (nSPS) is 12.5. The quantitative estimate of drug-likeness (QED) is 0.152. The second kappa shape index (κ2) is 14.3. The van der Waals surface area contributed by atoms with Crippen LogP contribution in [-0.2, 0) is 0 Å². The van der Waals surface area contributed by atoms with Gasteiger partial charge in [0.25, 0.3) is 0 Å². The summed E-state index contributed by atoms with van der Waals surface area (Å²) < 4.78 is 0. The smallest absolute Gasteiger partial charge is 0.160 e. The molecule has 9 aromatic rings. The lowest BCUT2D eigenvalue weighted by Gasteiger charge is -2.22. The van der Waals surface area contributed by atoms with Crippen LogP contribution >= 0.6 is 0 Å². The maximum Gasteiger partial charge on any atom is 0.160 e. The highest BCUT2D eigenvalue weighted by Gasteiger charge is 2.41. The minimum Gasteiger partial charge on any atom is -0.228 e. The lowest BCUT2D eigenvalue weighted by molar-refractivity contribution is 1.20. The fourth-order valence-corrected chi connectivity index (χ4v) is 11.7. The second-order valence-corrected chi connectivity index (χ2v) is 19.7. The lowest BCUT2D eigenvalue weighted by atomic mass is 9.92. The molecule has 8 aromatic carbocycles. The molecule has 0 unspecified atom stereocenters. The number of rotatable bonds is 7. The van der Waals surface area contributed by atoms with Crippen LogP contribution in [0.2, 0.25) is 13.1 Å². The van der Waals surface area contributed by atoms with E-state index in [1.54, 1.807) is 0 Å². The van der Waals surface area contributed by atoms with Crippen molar-refractivity contribution < 1.29 is 0 Å². The van der Waals surface area contributed by atoms with Crippen LogP contribution in [0.15, 0.2) is 206 Å². The Balaban J connectivity index is 1.07. The Bertz CT molecular complexity index is 2840. The van der Waals surface area contributed by atoms with Gasteiger partial charge in [-0.15, -0.1) is 0 Å². The van der Waals surface area contributed by atoms with Crippen LogP contribution in [-0.4, -0.2) is 18.0 Å². The van der Waals surface area contributed by atoms with Crippen molar-refractivity contribution in [1.82, 2.24) is 9.97 Å². The highest BCUT2D eigenvalue weighted by Crippen LogP contribution is 2.37. The van der Waals surface area contributed by atoms with Crippen LogP contribution in [0.4, 0.5) is 0 Å².